The van der Waals surface area contributed by atoms with Gasteiger partial charge in [0.05, 0.1) is 6.04 Å². The van der Waals surface area contributed by atoms with E-state index < -0.39 is 0 Å². The minimum atomic E-state index is -0.0385. The van der Waals surface area contributed by atoms with Crippen molar-refractivity contribution < 1.29 is 4.79 Å². The van der Waals surface area contributed by atoms with Crippen molar-refractivity contribution in [1.29, 1.82) is 0 Å². The second-order valence-electron chi connectivity index (χ2n) is 3.50. The van der Waals surface area contributed by atoms with Crippen molar-refractivity contribution in [2.75, 3.05) is 6.54 Å². The highest BCUT2D eigenvalue weighted by molar-refractivity contribution is 5.84. The largest absolute Gasteiger partial charge is 0.325 e. The predicted octanol–water partition coefficient (Wildman–Crippen LogP) is 1.50. The fourth-order valence-corrected chi connectivity index (χ4v) is 1.58. The summed E-state index contributed by atoms with van der Waals surface area (Å²) >= 11 is 0. The van der Waals surface area contributed by atoms with Crippen molar-refractivity contribution in [2.24, 2.45) is 0 Å². The minimum Gasteiger partial charge on any atom is -0.325 e. The first kappa shape index (κ1) is 11.7. The zero-order chi connectivity index (χ0) is 11.1. The van der Waals surface area contributed by atoms with Crippen LogP contribution in [0.15, 0.2) is 36.6 Å². The Morgan fingerprint density at radius 2 is 2.40 bits per heavy atom. The molecule has 1 aliphatic rings. The van der Waals surface area contributed by atoms with Gasteiger partial charge >= 0.3 is 0 Å². The van der Waals surface area contributed by atoms with E-state index in [4.69, 9.17) is 0 Å². The van der Waals surface area contributed by atoms with E-state index in [1.54, 1.807) is 12.2 Å². The monoisotopic (exact) mass is 206 g/mol. The molecule has 2 N–H and O–H groups in total. The van der Waals surface area contributed by atoms with Gasteiger partial charge in [0.2, 0.25) is 5.91 Å². The van der Waals surface area contributed by atoms with E-state index >= 15 is 0 Å². The highest BCUT2D eigenvalue weighted by Gasteiger charge is 2.21. The van der Waals surface area contributed by atoms with Crippen molar-refractivity contribution in [3.63, 3.8) is 0 Å². The summed E-state index contributed by atoms with van der Waals surface area (Å²) in [5.74, 6) is 0.0405. The van der Waals surface area contributed by atoms with E-state index in [2.05, 4.69) is 17.2 Å². The Morgan fingerprint density at radius 3 is 2.93 bits per heavy atom. The molecule has 0 aromatic carbocycles. The molecule has 1 unspecified atom stereocenters. The number of carbonyl (C=O) groups excluding carboxylic acids is 1. The first-order valence-electron chi connectivity index (χ1n) is 5.27. The van der Waals surface area contributed by atoms with Crippen LogP contribution in [0.1, 0.15) is 19.8 Å². The molecule has 1 atom stereocenters. The van der Waals surface area contributed by atoms with Crippen LogP contribution in [0.3, 0.4) is 0 Å². The van der Waals surface area contributed by atoms with Gasteiger partial charge in [-0.25, -0.2) is 0 Å². The quantitative estimate of drug-likeness (QED) is 0.684. The van der Waals surface area contributed by atoms with E-state index in [9.17, 15) is 4.79 Å². The van der Waals surface area contributed by atoms with Crippen LogP contribution in [-0.2, 0) is 4.79 Å². The van der Waals surface area contributed by atoms with Gasteiger partial charge in [0.25, 0.3) is 0 Å². The summed E-state index contributed by atoms with van der Waals surface area (Å²) in [5, 5.41) is 6.02. The Bertz CT molecular complexity index is 286. The first-order valence-corrected chi connectivity index (χ1v) is 5.27. The van der Waals surface area contributed by atoms with Gasteiger partial charge in [-0.2, -0.15) is 0 Å². The summed E-state index contributed by atoms with van der Waals surface area (Å²) in [7, 11) is 0. The molecule has 82 valence electrons. The zero-order valence-corrected chi connectivity index (χ0v) is 9.12. The highest BCUT2D eigenvalue weighted by atomic mass is 16.2. The van der Waals surface area contributed by atoms with Gasteiger partial charge in [0.1, 0.15) is 0 Å². The molecule has 0 aromatic heterocycles. The smallest absolute Gasteiger partial charge is 0.241 e. The van der Waals surface area contributed by atoms with Gasteiger partial charge in [0.15, 0.2) is 0 Å². The lowest BCUT2D eigenvalue weighted by Crippen LogP contribution is -2.39. The van der Waals surface area contributed by atoms with Gasteiger partial charge < -0.3 is 10.6 Å². The van der Waals surface area contributed by atoms with Crippen molar-refractivity contribution in [3.8, 4) is 0 Å². The lowest BCUT2D eigenvalue weighted by molar-refractivity contribution is -0.122. The van der Waals surface area contributed by atoms with Crippen LogP contribution in [0.5, 0.6) is 0 Å². The molecule has 0 saturated carbocycles. The van der Waals surface area contributed by atoms with Gasteiger partial charge in [-0.15, -0.1) is 0 Å². The Labute approximate surface area is 90.9 Å². The second kappa shape index (κ2) is 6.19. The summed E-state index contributed by atoms with van der Waals surface area (Å²) < 4.78 is 0. The topological polar surface area (TPSA) is 41.1 Å². The normalized spacial score (nSPS) is 21.9. The Kier molecular flexibility index (Phi) is 4.84. The molecular weight excluding hydrogens is 188 g/mol. The van der Waals surface area contributed by atoms with Gasteiger partial charge in [-0.3, -0.25) is 4.79 Å². The van der Waals surface area contributed by atoms with Crippen LogP contribution in [-0.4, -0.2) is 18.5 Å². The number of amides is 1. The van der Waals surface area contributed by atoms with Crippen LogP contribution in [0.25, 0.3) is 0 Å². The zero-order valence-electron chi connectivity index (χ0n) is 9.12. The summed E-state index contributed by atoms with van der Waals surface area (Å²) in [6.45, 7) is 6.46. The Balaban J connectivity index is 2.53. The first-order chi connectivity index (χ1) is 7.27. The third-order valence-corrected chi connectivity index (χ3v) is 2.29. The van der Waals surface area contributed by atoms with Gasteiger partial charge in [-0.05, 0) is 38.5 Å². The lowest BCUT2D eigenvalue weighted by Gasteiger charge is -2.11. The number of hydrogen-bond acceptors (Lipinski definition) is 2. The van der Waals surface area contributed by atoms with Crippen molar-refractivity contribution in [2.45, 2.75) is 25.8 Å². The van der Waals surface area contributed by atoms with Crippen LogP contribution < -0.4 is 10.6 Å². The van der Waals surface area contributed by atoms with Crippen molar-refractivity contribution in [3.05, 3.63) is 36.6 Å². The van der Waals surface area contributed by atoms with Crippen LogP contribution in [0.2, 0.25) is 0 Å². The molecule has 1 saturated heterocycles. The summed E-state index contributed by atoms with van der Waals surface area (Å²) in [6, 6.07) is -0.0385. The minimum absolute atomic E-state index is 0.0385. The fraction of sp³-hybridized carbons (Fsp3) is 0.417. The average molecular weight is 206 g/mol. The van der Waals surface area contributed by atoms with Gasteiger partial charge in [-0.1, -0.05) is 18.7 Å². The maximum absolute atomic E-state index is 11.7. The second-order valence-corrected chi connectivity index (χ2v) is 3.50. The van der Waals surface area contributed by atoms with Crippen LogP contribution >= 0.6 is 0 Å². The third-order valence-electron chi connectivity index (χ3n) is 2.29. The van der Waals surface area contributed by atoms with E-state index in [0.717, 1.165) is 25.1 Å². The maximum atomic E-state index is 11.7. The maximum Gasteiger partial charge on any atom is 0.241 e. The third kappa shape index (κ3) is 3.72. The molecule has 3 heteroatoms. The lowest BCUT2D eigenvalue weighted by atomic mass is 10.2. The molecule has 1 rings (SSSR count). The summed E-state index contributed by atoms with van der Waals surface area (Å²) in [5.41, 5.74) is 0.784. The number of nitrogens with one attached hydrogen (secondary N) is 2. The average Bonchev–Trinajstić information content (AvgIpc) is 2.71. The number of carbonyl (C=O) groups is 1. The molecule has 0 aliphatic carbocycles. The standard InChI is InChI=1S/C12H18N2O/c1-3-6-10(7-4-2)14-12(15)11-8-5-9-13-11/h3-4,6-7,11,13H,1,5,8-9H2,2H3,(H,14,15)/b7-4-,10-6+. The summed E-state index contributed by atoms with van der Waals surface area (Å²) in [4.78, 5) is 11.7. The van der Waals surface area contributed by atoms with Crippen molar-refractivity contribution in [1.82, 2.24) is 10.6 Å². The molecule has 0 spiro atoms. The fourth-order valence-electron chi connectivity index (χ4n) is 1.58. The van der Waals surface area contributed by atoms with E-state index in [0.29, 0.717) is 0 Å². The van der Waals surface area contributed by atoms with E-state index in [-0.39, 0.29) is 11.9 Å². The molecule has 1 amide bonds. The van der Waals surface area contributed by atoms with E-state index in [1.807, 2.05) is 19.1 Å². The molecule has 15 heavy (non-hydrogen) atoms. The van der Waals surface area contributed by atoms with E-state index in [1.165, 1.54) is 0 Å². The molecule has 0 bridgehead atoms. The highest BCUT2D eigenvalue weighted by Crippen LogP contribution is 2.05. The molecule has 0 aromatic rings. The Morgan fingerprint density at radius 1 is 1.60 bits per heavy atom. The molecule has 1 fully saturated rings. The predicted molar refractivity (Wildman–Crippen MR) is 62.3 cm³/mol. The molecule has 1 heterocycles. The number of hydrogen-bond donors (Lipinski definition) is 2. The Hall–Kier alpha value is -1.35. The van der Waals surface area contributed by atoms with Gasteiger partial charge in [0, 0.05) is 5.70 Å². The number of rotatable bonds is 4. The number of allylic oxidation sites excluding steroid dienone is 4. The molecular formula is C12H18N2O. The molecule has 1 aliphatic heterocycles. The van der Waals surface area contributed by atoms with Crippen LogP contribution in [0, 0.1) is 0 Å². The van der Waals surface area contributed by atoms with Crippen LogP contribution in [0.4, 0.5) is 0 Å². The van der Waals surface area contributed by atoms with Crippen molar-refractivity contribution >= 4 is 5.91 Å². The molecule has 3 nitrogen and oxygen atoms in total. The SMILES string of the molecule is C=C/C=C(\C=C/C)NC(=O)C1CCCN1. The summed E-state index contributed by atoms with van der Waals surface area (Å²) in [6.07, 6.45) is 9.18. The molecule has 0 radical (unpaired) electrons.